The number of hydrogen-bond acceptors (Lipinski definition) is 3. The van der Waals surface area contributed by atoms with Crippen LogP contribution in [0.4, 0.5) is 0 Å². The molecule has 1 heterocycles. The minimum absolute atomic E-state index is 0.517. The average Bonchev–Trinajstić information content (AvgIpc) is 2.93. The van der Waals surface area contributed by atoms with Crippen molar-refractivity contribution in [3.05, 3.63) is 53.9 Å². The molecule has 21 heavy (non-hydrogen) atoms. The Bertz CT molecular complexity index is 510. The maximum Gasteiger partial charge on any atom is 0.0587 e. The molecule has 0 aliphatic carbocycles. The molecule has 0 fully saturated rings. The first-order chi connectivity index (χ1) is 10.3. The van der Waals surface area contributed by atoms with E-state index in [0.717, 1.165) is 32.5 Å². The molecule has 0 saturated carbocycles. The van der Waals surface area contributed by atoms with E-state index < -0.39 is 0 Å². The molecule has 0 bridgehead atoms. The molecule has 114 valence electrons. The quantitative estimate of drug-likeness (QED) is 0.720. The van der Waals surface area contributed by atoms with Crippen molar-refractivity contribution in [1.29, 1.82) is 0 Å². The number of aryl methyl sites for hydroxylation is 2. The molecular weight excluding hydrogens is 262 g/mol. The van der Waals surface area contributed by atoms with Gasteiger partial charge in [0.2, 0.25) is 0 Å². The third-order valence-corrected chi connectivity index (χ3v) is 3.68. The molecule has 1 unspecified atom stereocenters. The lowest BCUT2D eigenvalue weighted by Gasteiger charge is -2.18. The molecule has 0 amide bonds. The standard InChI is InChI=1S/C17H25N3O/c1-20-14-15(12-19-20)8-9-17(13-18-10-11-21-2)16-6-4-3-5-7-16/h3-7,12,14,17-18H,8-11,13H2,1-2H3. The Hall–Kier alpha value is -1.65. The zero-order chi connectivity index (χ0) is 14.9. The summed E-state index contributed by atoms with van der Waals surface area (Å²) in [4.78, 5) is 0. The zero-order valence-electron chi connectivity index (χ0n) is 13.0. The van der Waals surface area contributed by atoms with Crippen molar-refractivity contribution in [3.63, 3.8) is 0 Å². The molecule has 0 spiro atoms. The van der Waals surface area contributed by atoms with Crippen molar-refractivity contribution in [2.45, 2.75) is 18.8 Å². The normalized spacial score (nSPS) is 12.5. The van der Waals surface area contributed by atoms with Crippen LogP contribution >= 0.6 is 0 Å². The number of benzene rings is 1. The lowest BCUT2D eigenvalue weighted by atomic mass is 9.93. The second kappa shape index (κ2) is 8.60. The average molecular weight is 287 g/mol. The topological polar surface area (TPSA) is 39.1 Å². The molecule has 0 aliphatic rings. The number of ether oxygens (including phenoxy) is 1. The first kappa shape index (κ1) is 15.7. The van der Waals surface area contributed by atoms with Crippen LogP contribution < -0.4 is 5.32 Å². The van der Waals surface area contributed by atoms with Gasteiger partial charge in [-0.3, -0.25) is 4.68 Å². The Labute approximate surface area is 127 Å². The summed E-state index contributed by atoms with van der Waals surface area (Å²) < 4.78 is 6.95. The molecule has 1 atom stereocenters. The number of methoxy groups -OCH3 is 1. The molecular formula is C17H25N3O. The summed E-state index contributed by atoms with van der Waals surface area (Å²) >= 11 is 0. The van der Waals surface area contributed by atoms with Gasteiger partial charge < -0.3 is 10.1 Å². The summed E-state index contributed by atoms with van der Waals surface area (Å²) in [6.45, 7) is 2.63. The second-order valence-corrected chi connectivity index (χ2v) is 5.37. The largest absolute Gasteiger partial charge is 0.383 e. The smallest absolute Gasteiger partial charge is 0.0587 e. The minimum Gasteiger partial charge on any atom is -0.383 e. The van der Waals surface area contributed by atoms with E-state index in [4.69, 9.17) is 4.74 Å². The highest BCUT2D eigenvalue weighted by Crippen LogP contribution is 2.21. The van der Waals surface area contributed by atoms with Gasteiger partial charge in [-0.05, 0) is 29.9 Å². The van der Waals surface area contributed by atoms with Crippen LogP contribution in [0.3, 0.4) is 0 Å². The van der Waals surface area contributed by atoms with E-state index in [9.17, 15) is 0 Å². The lowest BCUT2D eigenvalue weighted by Crippen LogP contribution is -2.25. The molecule has 0 aliphatic heterocycles. The SMILES string of the molecule is COCCNCC(CCc1cnn(C)c1)c1ccccc1. The van der Waals surface area contributed by atoms with Crippen molar-refractivity contribution in [2.75, 3.05) is 26.8 Å². The summed E-state index contributed by atoms with van der Waals surface area (Å²) in [5, 5.41) is 7.72. The highest BCUT2D eigenvalue weighted by Gasteiger charge is 2.11. The maximum atomic E-state index is 5.09. The van der Waals surface area contributed by atoms with Crippen LogP contribution in [0.2, 0.25) is 0 Å². The van der Waals surface area contributed by atoms with E-state index in [1.165, 1.54) is 11.1 Å². The maximum absolute atomic E-state index is 5.09. The van der Waals surface area contributed by atoms with Gasteiger partial charge in [0, 0.05) is 33.4 Å². The Kier molecular flexibility index (Phi) is 6.44. The van der Waals surface area contributed by atoms with Gasteiger partial charge in [0.1, 0.15) is 0 Å². The first-order valence-electron chi connectivity index (χ1n) is 7.51. The van der Waals surface area contributed by atoms with Crippen molar-refractivity contribution >= 4 is 0 Å². The molecule has 4 heteroatoms. The fourth-order valence-corrected chi connectivity index (χ4v) is 2.50. The number of nitrogens with zero attached hydrogens (tertiary/aromatic N) is 2. The monoisotopic (exact) mass is 287 g/mol. The van der Waals surface area contributed by atoms with Crippen LogP contribution in [0.5, 0.6) is 0 Å². The summed E-state index contributed by atoms with van der Waals surface area (Å²) in [6, 6.07) is 10.7. The molecule has 2 rings (SSSR count). The number of rotatable bonds is 9. The Morgan fingerprint density at radius 3 is 2.76 bits per heavy atom. The van der Waals surface area contributed by atoms with E-state index in [1.54, 1.807) is 7.11 Å². The molecule has 1 aromatic carbocycles. The highest BCUT2D eigenvalue weighted by molar-refractivity contribution is 5.20. The summed E-state index contributed by atoms with van der Waals surface area (Å²) in [7, 11) is 3.70. The second-order valence-electron chi connectivity index (χ2n) is 5.37. The number of aromatic nitrogens is 2. The van der Waals surface area contributed by atoms with Gasteiger partial charge in [0.25, 0.3) is 0 Å². The van der Waals surface area contributed by atoms with Gasteiger partial charge in [0.15, 0.2) is 0 Å². The van der Waals surface area contributed by atoms with E-state index in [1.807, 2.05) is 17.9 Å². The molecule has 4 nitrogen and oxygen atoms in total. The van der Waals surface area contributed by atoms with Gasteiger partial charge in [-0.15, -0.1) is 0 Å². The molecule has 0 saturated heterocycles. The van der Waals surface area contributed by atoms with E-state index in [0.29, 0.717) is 5.92 Å². The fraction of sp³-hybridized carbons (Fsp3) is 0.471. The number of nitrogens with one attached hydrogen (secondary N) is 1. The number of hydrogen-bond donors (Lipinski definition) is 1. The van der Waals surface area contributed by atoms with E-state index >= 15 is 0 Å². The fourth-order valence-electron chi connectivity index (χ4n) is 2.50. The Morgan fingerprint density at radius 1 is 1.29 bits per heavy atom. The van der Waals surface area contributed by atoms with Crippen LogP contribution in [-0.2, 0) is 18.2 Å². The summed E-state index contributed by atoms with van der Waals surface area (Å²) in [5.74, 6) is 0.517. The first-order valence-corrected chi connectivity index (χ1v) is 7.51. The van der Waals surface area contributed by atoms with Gasteiger partial charge in [-0.1, -0.05) is 30.3 Å². The van der Waals surface area contributed by atoms with Crippen LogP contribution in [0, 0.1) is 0 Å². The third-order valence-electron chi connectivity index (χ3n) is 3.68. The molecule has 1 aromatic heterocycles. The molecule has 0 radical (unpaired) electrons. The van der Waals surface area contributed by atoms with Crippen LogP contribution in [0.15, 0.2) is 42.7 Å². The van der Waals surface area contributed by atoms with Crippen molar-refractivity contribution in [2.24, 2.45) is 7.05 Å². The van der Waals surface area contributed by atoms with Crippen molar-refractivity contribution in [1.82, 2.24) is 15.1 Å². The van der Waals surface area contributed by atoms with E-state index in [2.05, 4.69) is 46.9 Å². The summed E-state index contributed by atoms with van der Waals surface area (Å²) in [5.41, 5.74) is 2.70. The van der Waals surface area contributed by atoms with Crippen LogP contribution in [-0.4, -0.2) is 36.6 Å². The Balaban J connectivity index is 1.91. The summed E-state index contributed by atoms with van der Waals surface area (Å²) in [6.07, 6.45) is 6.23. The Morgan fingerprint density at radius 2 is 2.10 bits per heavy atom. The molecule has 2 aromatic rings. The predicted octanol–water partition coefficient (Wildman–Crippen LogP) is 2.37. The predicted molar refractivity (Wildman–Crippen MR) is 85.5 cm³/mol. The van der Waals surface area contributed by atoms with Crippen molar-refractivity contribution < 1.29 is 4.74 Å². The molecule has 1 N–H and O–H groups in total. The lowest BCUT2D eigenvalue weighted by molar-refractivity contribution is 0.199. The van der Waals surface area contributed by atoms with Gasteiger partial charge in [-0.2, -0.15) is 5.10 Å². The van der Waals surface area contributed by atoms with Crippen LogP contribution in [0.1, 0.15) is 23.5 Å². The van der Waals surface area contributed by atoms with Gasteiger partial charge in [-0.25, -0.2) is 0 Å². The van der Waals surface area contributed by atoms with Crippen LogP contribution in [0.25, 0.3) is 0 Å². The van der Waals surface area contributed by atoms with E-state index in [-0.39, 0.29) is 0 Å². The minimum atomic E-state index is 0.517. The van der Waals surface area contributed by atoms with Crippen molar-refractivity contribution in [3.8, 4) is 0 Å². The third kappa shape index (κ3) is 5.33. The van der Waals surface area contributed by atoms with Gasteiger partial charge in [0.05, 0.1) is 12.8 Å². The zero-order valence-corrected chi connectivity index (χ0v) is 13.0. The van der Waals surface area contributed by atoms with Gasteiger partial charge >= 0.3 is 0 Å². The highest BCUT2D eigenvalue weighted by atomic mass is 16.5.